The molecule has 0 amide bonds. The minimum atomic E-state index is 0.0925. The minimum absolute atomic E-state index is 0.0925. The van der Waals surface area contributed by atoms with Crippen molar-refractivity contribution in [1.82, 2.24) is 14.8 Å². The third kappa shape index (κ3) is 4.01. The lowest BCUT2D eigenvalue weighted by Crippen LogP contribution is -2.11. The van der Waals surface area contributed by atoms with Gasteiger partial charge in [-0.05, 0) is 35.3 Å². The van der Waals surface area contributed by atoms with Gasteiger partial charge in [-0.2, -0.15) is 0 Å². The number of thioether (sulfide) groups is 1. The zero-order valence-electron chi connectivity index (χ0n) is 15.8. The number of hydrogen-bond donors (Lipinski definition) is 0. The monoisotopic (exact) mass is 397 g/mol. The molecule has 0 N–H and O–H groups in total. The van der Waals surface area contributed by atoms with Crippen molar-refractivity contribution in [1.29, 1.82) is 0 Å². The maximum atomic E-state index is 12.6. The first-order valence-electron chi connectivity index (χ1n) is 9.19. The van der Waals surface area contributed by atoms with Crippen LogP contribution in [0.4, 0.5) is 0 Å². The number of thiophene rings is 1. The smallest absolute Gasteiger partial charge is 0.192 e. The Balaban J connectivity index is 1.48. The second-order valence-corrected chi connectivity index (χ2v) is 9.81. The molecule has 140 valence electrons. The standard InChI is InChI=1S/C21H23N3OS2/c1-21(2,3)15-8-6-14(7-9-15)17(25)13-27-20-23-22-19(18-5-4-12-26-18)24(20)16-10-11-16/h4-9,12,16H,10-11,13H2,1-3H3. The highest BCUT2D eigenvalue weighted by molar-refractivity contribution is 7.99. The number of hydrogen-bond acceptors (Lipinski definition) is 5. The summed E-state index contributed by atoms with van der Waals surface area (Å²) in [4.78, 5) is 13.8. The highest BCUT2D eigenvalue weighted by Gasteiger charge is 2.30. The number of nitrogens with zero attached hydrogens (tertiary/aromatic N) is 3. The van der Waals surface area contributed by atoms with Crippen LogP contribution in [-0.2, 0) is 5.41 Å². The maximum Gasteiger partial charge on any atom is 0.192 e. The average Bonchev–Trinajstić information content (AvgIpc) is 3.17. The van der Waals surface area contributed by atoms with Crippen LogP contribution >= 0.6 is 23.1 Å². The maximum absolute atomic E-state index is 12.6. The number of Topliss-reactive ketones (excluding diaryl/α,β-unsaturated/α-hetero) is 1. The topological polar surface area (TPSA) is 47.8 Å². The van der Waals surface area contributed by atoms with Gasteiger partial charge < -0.3 is 0 Å². The summed E-state index contributed by atoms with van der Waals surface area (Å²) in [5.41, 5.74) is 2.09. The van der Waals surface area contributed by atoms with Crippen molar-refractivity contribution in [2.75, 3.05) is 5.75 Å². The van der Waals surface area contributed by atoms with E-state index in [-0.39, 0.29) is 11.2 Å². The molecule has 0 spiro atoms. The predicted molar refractivity (Wildman–Crippen MR) is 112 cm³/mol. The highest BCUT2D eigenvalue weighted by Crippen LogP contribution is 2.41. The Hall–Kier alpha value is -1.92. The molecule has 27 heavy (non-hydrogen) atoms. The van der Waals surface area contributed by atoms with E-state index in [2.05, 4.69) is 59.1 Å². The molecule has 0 atom stereocenters. The van der Waals surface area contributed by atoms with Crippen LogP contribution in [0.25, 0.3) is 10.7 Å². The second-order valence-electron chi connectivity index (χ2n) is 7.92. The minimum Gasteiger partial charge on any atom is -0.298 e. The Morgan fingerprint density at radius 3 is 2.52 bits per heavy atom. The fourth-order valence-corrected chi connectivity index (χ4v) is 4.59. The van der Waals surface area contributed by atoms with Crippen LogP contribution in [0.5, 0.6) is 0 Å². The zero-order chi connectivity index (χ0) is 19.0. The Labute approximate surface area is 168 Å². The lowest BCUT2D eigenvalue weighted by molar-refractivity contribution is 0.102. The molecule has 1 fully saturated rings. The average molecular weight is 398 g/mol. The van der Waals surface area contributed by atoms with E-state index in [4.69, 9.17) is 0 Å². The molecular formula is C21H23N3OS2. The van der Waals surface area contributed by atoms with E-state index < -0.39 is 0 Å². The van der Waals surface area contributed by atoms with Gasteiger partial charge in [0.25, 0.3) is 0 Å². The molecule has 2 heterocycles. The number of carbonyl (C=O) groups excluding carboxylic acids is 1. The molecular weight excluding hydrogens is 374 g/mol. The normalized spacial score (nSPS) is 14.5. The SMILES string of the molecule is CC(C)(C)c1ccc(C(=O)CSc2nnc(-c3cccs3)n2C2CC2)cc1. The second kappa shape index (κ2) is 7.24. The lowest BCUT2D eigenvalue weighted by Gasteiger charge is -2.18. The van der Waals surface area contributed by atoms with Gasteiger partial charge in [-0.3, -0.25) is 9.36 Å². The lowest BCUT2D eigenvalue weighted by atomic mass is 9.86. The molecule has 0 unspecified atom stereocenters. The summed E-state index contributed by atoms with van der Waals surface area (Å²) in [6.07, 6.45) is 2.32. The fraction of sp³-hybridized carbons (Fsp3) is 0.381. The summed E-state index contributed by atoms with van der Waals surface area (Å²) >= 11 is 3.16. The van der Waals surface area contributed by atoms with Crippen LogP contribution in [0.15, 0.2) is 46.9 Å². The molecule has 1 aliphatic rings. The Morgan fingerprint density at radius 1 is 1.19 bits per heavy atom. The molecule has 0 saturated heterocycles. The molecule has 0 aliphatic heterocycles. The van der Waals surface area contributed by atoms with Crippen LogP contribution in [-0.4, -0.2) is 26.3 Å². The molecule has 1 aliphatic carbocycles. The number of aromatic nitrogens is 3. The van der Waals surface area contributed by atoms with Gasteiger partial charge >= 0.3 is 0 Å². The molecule has 1 aromatic carbocycles. The summed E-state index contributed by atoms with van der Waals surface area (Å²) in [5.74, 6) is 1.44. The molecule has 6 heteroatoms. The van der Waals surface area contributed by atoms with Gasteiger partial charge in [-0.15, -0.1) is 21.5 Å². The van der Waals surface area contributed by atoms with Crippen LogP contribution in [0, 0.1) is 0 Å². The first-order chi connectivity index (χ1) is 12.9. The molecule has 1 saturated carbocycles. The van der Waals surface area contributed by atoms with E-state index in [1.807, 2.05) is 18.2 Å². The summed E-state index contributed by atoms with van der Waals surface area (Å²) < 4.78 is 2.21. The molecule has 4 rings (SSSR count). The first-order valence-corrected chi connectivity index (χ1v) is 11.1. The van der Waals surface area contributed by atoms with Crippen molar-refractivity contribution in [2.45, 2.75) is 50.2 Å². The van der Waals surface area contributed by atoms with Crippen molar-refractivity contribution in [3.05, 3.63) is 52.9 Å². The van der Waals surface area contributed by atoms with Crippen molar-refractivity contribution in [3.63, 3.8) is 0 Å². The van der Waals surface area contributed by atoms with E-state index in [9.17, 15) is 4.79 Å². The Kier molecular flexibility index (Phi) is 4.95. The Bertz CT molecular complexity index is 933. The zero-order valence-corrected chi connectivity index (χ0v) is 17.4. The Morgan fingerprint density at radius 2 is 1.93 bits per heavy atom. The molecule has 3 aromatic rings. The van der Waals surface area contributed by atoms with Crippen LogP contribution < -0.4 is 0 Å². The first kappa shape index (κ1) is 18.4. The molecule has 2 aromatic heterocycles. The van der Waals surface area contributed by atoms with Gasteiger partial charge in [-0.1, -0.05) is 62.9 Å². The third-order valence-electron chi connectivity index (χ3n) is 4.72. The van der Waals surface area contributed by atoms with Crippen LogP contribution in [0.3, 0.4) is 0 Å². The van der Waals surface area contributed by atoms with Gasteiger partial charge in [0.05, 0.1) is 10.6 Å². The van der Waals surface area contributed by atoms with Crippen molar-refractivity contribution < 1.29 is 4.79 Å². The summed E-state index contributed by atoms with van der Waals surface area (Å²) in [6.45, 7) is 6.53. The third-order valence-corrected chi connectivity index (χ3v) is 6.53. The van der Waals surface area contributed by atoms with Crippen LogP contribution in [0.1, 0.15) is 55.6 Å². The van der Waals surface area contributed by atoms with E-state index in [0.29, 0.717) is 11.8 Å². The van der Waals surface area contributed by atoms with Gasteiger partial charge in [0.1, 0.15) is 0 Å². The summed E-state index contributed by atoms with van der Waals surface area (Å²) in [6, 6.07) is 12.6. The predicted octanol–water partition coefficient (Wildman–Crippen LogP) is 5.61. The number of ketones is 1. The van der Waals surface area contributed by atoms with Gasteiger partial charge in [-0.25, -0.2) is 0 Å². The fourth-order valence-electron chi connectivity index (χ4n) is 2.98. The van der Waals surface area contributed by atoms with Crippen molar-refractivity contribution in [2.24, 2.45) is 0 Å². The van der Waals surface area contributed by atoms with Crippen LogP contribution in [0.2, 0.25) is 0 Å². The van der Waals surface area contributed by atoms with E-state index in [0.717, 1.165) is 34.3 Å². The largest absolute Gasteiger partial charge is 0.298 e. The molecule has 0 bridgehead atoms. The highest BCUT2D eigenvalue weighted by atomic mass is 32.2. The number of carbonyl (C=O) groups is 1. The molecule has 4 nitrogen and oxygen atoms in total. The van der Waals surface area contributed by atoms with E-state index in [1.165, 1.54) is 17.3 Å². The van der Waals surface area contributed by atoms with E-state index >= 15 is 0 Å². The van der Waals surface area contributed by atoms with Crippen molar-refractivity contribution in [3.8, 4) is 10.7 Å². The summed E-state index contributed by atoms with van der Waals surface area (Å²) in [5, 5.41) is 11.7. The summed E-state index contributed by atoms with van der Waals surface area (Å²) in [7, 11) is 0. The van der Waals surface area contributed by atoms with Gasteiger partial charge in [0.2, 0.25) is 0 Å². The number of rotatable bonds is 6. The van der Waals surface area contributed by atoms with E-state index in [1.54, 1.807) is 11.3 Å². The number of benzene rings is 1. The van der Waals surface area contributed by atoms with Gasteiger partial charge in [0, 0.05) is 11.6 Å². The quantitative estimate of drug-likeness (QED) is 0.400. The molecule has 0 radical (unpaired) electrons. The van der Waals surface area contributed by atoms with Gasteiger partial charge in [0.15, 0.2) is 16.8 Å². The van der Waals surface area contributed by atoms with Crippen molar-refractivity contribution >= 4 is 28.9 Å².